The minimum atomic E-state index is 0.0319. The monoisotopic (exact) mass is 272 g/mol. The van der Waals surface area contributed by atoms with Gasteiger partial charge in [0.25, 0.3) is 0 Å². The van der Waals surface area contributed by atoms with Gasteiger partial charge < -0.3 is 10.0 Å². The van der Waals surface area contributed by atoms with Gasteiger partial charge in [-0.25, -0.2) is 4.98 Å². The van der Waals surface area contributed by atoms with Crippen LogP contribution in [0.4, 0.5) is 5.82 Å². The Kier molecular flexibility index (Phi) is 4.96. The quantitative estimate of drug-likeness (QED) is 0.873. The molecule has 0 saturated carbocycles. The molecule has 0 radical (unpaired) electrons. The number of nitrogens with zero attached hydrogens (tertiary/aromatic N) is 2. The Labute approximate surface area is 121 Å². The summed E-state index contributed by atoms with van der Waals surface area (Å²) in [6.07, 6.45) is 1.15. The maximum absolute atomic E-state index is 9.65. The van der Waals surface area contributed by atoms with Gasteiger partial charge in [-0.1, -0.05) is 38.5 Å². The summed E-state index contributed by atoms with van der Waals surface area (Å²) in [6.45, 7) is 8.51. The van der Waals surface area contributed by atoms with E-state index in [0.29, 0.717) is 5.92 Å². The topological polar surface area (TPSA) is 36.4 Å². The Bertz CT molecular complexity index is 568. The fourth-order valence-electron chi connectivity index (χ4n) is 2.41. The number of pyridine rings is 1. The lowest BCUT2D eigenvalue weighted by Crippen LogP contribution is -2.29. The molecule has 0 spiro atoms. The van der Waals surface area contributed by atoms with Crippen LogP contribution in [-0.4, -0.2) is 23.2 Å². The van der Waals surface area contributed by atoms with Crippen LogP contribution in [0.15, 0.2) is 30.3 Å². The Hall–Kier alpha value is -1.61. The van der Waals surface area contributed by atoms with Crippen LogP contribution in [0.25, 0.3) is 10.9 Å². The summed E-state index contributed by atoms with van der Waals surface area (Å²) < 4.78 is 0. The number of rotatable bonds is 6. The molecule has 0 aliphatic heterocycles. The summed E-state index contributed by atoms with van der Waals surface area (Å²) in [4.78, 5) is 7.04. The first-order chi connectivity index (χ1) is 9.69. The number of aromatic nitrogens is 1. The number of benzene rings is 1. The zero-order chi connectivity index (χ0) is 14.5. The van der Waals surface area contributed by atoms with Crippen molar-refractivity contribution in [1.29, 1.82) is 0 Å². The molecule has 108 valence electrons. The summed E-state index contributed by atoms with van der Waals surface area (Å²) in [5.41, 5.74) is 1.90. The second kappa shape index (κ2) is 6.71. The van der Waals surface area contributed by atoms with Crippen molar-refractivity contribution in [3.63, 3.8) is 0 Å². The number of hydrogen-bond donors (Lipinski definition) is 1. The van der Waals surface area contributed by atoms with E-state index in [2.05, 4.69) is 31.7 Å². The smallest absolute Gasteiger partial charge is 0.134 e. The van der Waals surface area contributed by atoms with Gasteiger partial charge in [-0.2, -0.15) is 0 Å². The average Bonchev–Trinajstić information content (AvgIpc) is 2.50. The van der Waals surface area contributed by atoms with Crippen LogP contribution in [0.2, 0.25) is 0 Å². The summed E-state index contributed by atoms with van der Waals surface area (Å²) in [5.74, 6) is 1.55. The molecule has 1 unspecified atom stereocenters. The van der Waals surface area contributed by atoms with Gasteiger partial charge in [0.1, 0.15) is 5.82 Å². The van der Waals surface area contributed by atoms with Crippen molar-refractivity contribution in [2.45, 2.75) is 33.8 Å². The fraction of sp³-hybridized carbons (Fsp3) is 0.471. The predicted octanol–water partition coefficient (Wildman–Crippen LogP) is 3.60. The molecule has 3 heteroatoms. The molecule has 3 nitrogen and oxygen atoms in total. The van der Waals surface area contributed by atoms with Crippen molar-refractivity contribution in [2.75, 3.05) is 18.0 Å². The highest BCUT2D eigenvalue weighted by molar-refractivity contribution is 5.81. The van der Waals surface area contributed by atoms with Gasteiger partial charge in [0, 0.05) is 24.0 Å². The highest BCUT2D eigenvalue weighted by Crippen LogP contribution is 2.24. The van der Waals surface area contributed by atoms with Gasteiger partial charge in [-0.15, -0.1) is 0 Å². The van der Waals surface area contributed by atoms with Crippen molar-refractivity contribution >= 4 is 16.7 Å². The third kappa shape index (κ3) is 3.10. The Balaban J connectivity index is 2.44. The lowest BCUT2D eigenvalue weighted by molar-refractivity contribution is 0.281. The molecule has 0 bridgehead atoms. The van der Waals surface area contributed by atoms with Gasteiger partial charge in [0.05, 0.1) is 12.1 Å². The molecule has 1 N–H and O–H groups in total. The number of hydrogen-bond acceptors (Lipinski definition) is 3. The Morgan fingerprint density at radius 3 is 2.65 bits per heavy atom. The molecular formula is C17H24N2O. The fourth-order valence-corrected chi connectivity index (χ4v) is 2.41. The van der Waals surface area contributed by atoms with E-state index in [1.165, 1.54) is 0 Å². The van der Waals surface area contributed by atoms with Crippen LogP contribution in [0, 0.1) is 5.92 Å². The molecule has 0 saturated heterocycles. The van der Waals surface area contributed by atoms with Crippen LogP contribution in [0.5, 0.6) is 0 Å². The second-order valence-electron chi connectivity index (χ2n) is 5.37. The molecule has 0 aliphatic carbocycles. The second-order valence-corrected chi connectivity index (χ2v) is 5.37. The molecule has 2 rings (SSSR count). The zero-order valence-electron chi connectivity index (χ0n) is 12.6. The normalized spacial score (nSPS) is 12.6. The summed E-state index contributed by atoms with van der Waals surface area (Å²) >= 11 is 0. The van der Waals surface area contributed by atoms with Gasteiger partial charge >= 0.3 is 0 Å². The Morgan fingerprint density at radius 1 is 1.25 bits per heavy atom. The van der Waals surface area contributed by atoms with Crippen LogP contribution >= 0.6 is 0 Å². The molecule has 1 atom stereocenters. The van der Waals surface area contributed by atoms with Crippen molar-refractivity contribution in [3.8, 4) is 0 Å². The first-order valence-electron chi connectivity index (χ1n) is 7.44. The largest absolute Gasteiger partial charge is 0.392 e. The van der Waals surface area contributed by atoms with E-state index >= 15 is 0 Å². The molecule has 0 fully saturated rings. The van der Waals surface area contributed by atoms with Crippen LogP contribution in [0.3, 0.4) is 0 Å². The maximum Gasteiger partial charge on any atom is 0.134 e. The minimum absolute atomic E-state index is 0.0319. The average molecular weight is 272 g/mol. The van der Waals surface area contributed by atoms with Crippen molar-refractivity contribution in [1.82, 2.24) is 4.98 Å². The van der Waals surface area contributed by atoms with Gasteiger partial charge in [0.2, 0.25) is 0 Å². The standard InChI is InChI=1S/C17H24N2O/c1-4-13(3)11-19(5-2)17-15(12-20)10-14-8-6-7-9-16(14)18-17/h6-10,13,20H,4-5,11-12H2,1-3H3. The Morgan fingerprint density at radius 2 is 2.00 bits per heavy atom. The molecule has 1 aromatic carbocycles. The van der Waals surface area contributed by atoms with E-state index < -0.39 is 0 Å². The van der Waals surface area contributed by atoms with Gasteiger partial charge in [0.15, 0.2) is 0 Å². The van der Waals surface area contributed by atoms with E-state index in [0.717, 1.165) is 41.8 Å². The summed E-state index contributed by atoms with van der Waals surface area (Å²) in [7, 11) is 0. The third-order valence-corrected chi connectivity index (χ3v) is 3.86. The maximum atomic E-state index is 9.65. The lowest BCUT2D eigenvalue weighted by atomic mass is 10.1. The number of fused-ring (bicyclic) bond motifs is 1. The molecule has 1 heterocycles. The molecule has 20 heavy (non-hydrogen) atoms. The highest BCUT2D eigenvalue weighted by Gasteiger charge is 2.14. The number of aliphatic hydroxyl groups excluding tert-OH is 1. The predicted molar refractivity (Wildman–Crippen MR) is 85.0 cm³/mol. The lowest BCUT2D eigenvalue weighted by Gasteiger charge is -2.27. The summed E-state index contributed by atoms with van der Waals surface area (Å²) in [6, 6.07) is 10.1. The van der Waals surface area contributed by atoms with Crippen LogP contribution < -0.4 is 4.90 Å². The number of aliphatic hydroxyl groups is 1. The molecule has 0 aliphatic rings. The number of para-hydroxylation sites is 1. The first kappa shape index (κ1) is 14.8. The minimum Gasteiger partial charge on any atom is -0.392 e. The molecule has 0 amide bonds. The van der Waals surface area contributed by atoms with Crippen LogP contribution in [0.1, 0.15) is 32.8 Å². The SMILES string of the molecule is CCC(C)CN(CC)c1nc2ccccc2cc1CO. The van der Waals surface area contributed by atoms with Crippen molar-refractivity contribution in [3.05, 3.63) is 35.9 Å². The van der Waals surface area contributed by atoms with Gasteiger partial charge in [-0.3, -0.25) is 0 Å². The van der Waals surface area contributed by atoms with Crippen LogP contribution in [-0.2, 0) is 6.61 Å². The van der Waals surface area contributed by atoms with E-state index in [1.54, 1.807) is 0 Å². The summed E-state index contributed by atoms with van der Waals surface area (Å²) in [5, 5.41) is 10.7. The van der Waals surface area contributed by atoms with E-state index in [9.17, 15) is 5.11 Å². The van der Waals surface area contributed by atoms with Gasteiger partial charge in [-0.05, 0) is 25.0 Å². The van der Waals surface area contributed by atoms with Crippen molar-refractivity contribution < 1.29 is 5.11 Å². The van der Waals surface area contributed by atoms with E-state index in [-0.39, 0.29) is 6.61 Å². The zero-order valence-corrected chi connectivity index (χ0v) is 12.6. The molecule has 1 aromatic heterocycles. The van der Waals surface area contributed by atoms with Crippen molar-refractivity contribution in [2.24, 2.45) is 5.92 Å². The third-order valence-electron chi connectivity index (χ3n) is 3.86. The highest BCUT2D eigenvalue weighted by atomic mass is 16.3. The van der Waals surface area contributed by atoms with E-state index in [4.69, 9.17) is 4.98 Å². The number of anilines is 1. The first-order valence-corrected chi connectivity index (χ1v) is 7.44. The van der Waals surface area contributed by atoms with E-state index in [1.807, 2.05) is 24.3 Å². The molecular weight excluding hydrogens is 248 g/mol. The molecule has 2 aromatic rings.